The van der Waals surface area contributed by atoms with Gasteiger partial charge in [0.15, 0.2) is 5.82 Å². The first-order chi connectivity index (χ1) is 20.8. The second-order valence-corrected chi connectivity index (χ2v) is 11.3. The van der Waals surface area contributed by atoms with E-state index in [1.165, 1.54) is 12.8 Å². The number of imidazole rings is 1. The van der Waals surface area contributed by atoms with Crippen LogP contribution < -0.4 is 15.4 Å². The molecule has 0 bridgehead atoms. The normalized spacial score (nSPS) is 12.9. The zero-order valence-corrected chi connectivity index (χ0v) is 25.1. The van der Waals surface area contributed by atoms with Crippen molar-refractivity contribution >= 4 is 17.4 Å². The molecule has 1 aliphatic rings. The molecule has 0 saturated heterocycles. The average Bonchev–Trinajstić information content (AvgIpc) is 3.60. The molecule has 2 aromatic carbocycles. The fourth-order valence-corrected chi connectivity index (χ4v) is 5.28. The summed E-state index contributed by atoms with van der Waals surface area (Å²) in [5.74, 6) is 2.97. The average molecular weight is 577 g/mol. The van der Waals surface area contributed by atoms with Crippen LogP contribution >= 0.6 is 0 Å². The molecule has 1 aliphatic carbocycles. The van der Waals surface area contributed by atoms with Crippen molar-refractivity contribution in [3.8, 4) is 23.0 Å². The number of hydrogen-bond acceptors (Lipinski definition) is 7. The summed E-state index contributed by atoms with van der Waals surface area (Å²) in [5.41, 5.74) is 5.96. The van der Waals surface area contributed by atoms with Gasteiger partial charge in [-0.15, -0.1) is 10.2 Å². The van der Waals surface area contributed by atoms with Gasteiger partial charge in [-0.2, -0.15) is 0 Å². The fourth-order valence-electron chi connectivity index (χ4n) is 5.28. The monoisotopic (exact) mass is 576 g/mol. The summed E-state index contributed by atoms with van der Waals surface area (Å²) in [4.78, 5) is 23.3. The Bertz CT molecular complexity index is 1770. The topological polar surface area (TPSA) is 112 Å². The van der Waals surface area contributed by atoms with Crippen LogP contribution in [-0.4, -0.2) is 42.3 Å². The van der Waals surface area contributed by atoms with Crippen LogP contribution in [0, 0.1) is 13.8 Å². The molecule has 6 rings (SSSR count). The summed E-state index contributed by atoms with van der Waals surface area (Å²) < 4.78 is 9.33. The highest BCUT2D eigenvalue weighted by Crippen LogP contribution is 2.39. The van der Waals surface area contributed by atoms with Crippen LogP contribution in [0.3, 0.4) is 0 Å². The van der Waals surface area contributed by atoms with Crippen LogP contribution in [-0.2, 0) is 6.54 Å². The molecule has 0 unspecified atom stereocenters. The molecule has 0 atom stereocenters. The molecule has 1 saturated carbocycles. The Balaban J connectivity index is 1.32. The minimum absolute atomic E-state index is 0.166. The number of ether oxygens (including phenoxy) is 1. The van der Waals surface area contributed by atoms with Crippen LogP contribution in [0.4, 0.5) is 11.5 Å². The Labute approximate surface area is 251 Å². The lowest BCUT2D eigenvalue weighted by Gasteiger charge is -2.17. The van der Waals surface area contributed by atoms with Gasteiger partial charge in [0.1, 0.15) is 23.1 Å². The predicted molar refractivity (Wildman–Crippen MR) is 167 cm³/mol. The SMILES string of the molecule is COc1ccc(CNc2cc(C)c(-n3cnc(C4CC4)c3)cc2C(=O)Nc2cccc(-c3nnc(C)n3C(C)C)n2)cc1. The van der Waals surface area contributed by atoms with Crippen molar-refractivity contribution in [2.75, 3.05) is 17.7 Å². The largest absolute Gasteiger partial charge is 0.497 e. The number of carbonyl (C=O) groups is 1. The number of aryl methyl sites for hydroxylation is 2. The van der Waals surface area contributed by atoms with Gasteiger partial charge in [-0.05, 0) is 88.1 Å². The summed E-state index contributed by atoms with van der Waals surface area (Å²) in [6, 6.07) is 17.5. The Morgan fingerprint density at radius 3 is 2.58 bits per heavy atom. The quantitative estimate of drug-likeness (QED) is 0.196. The molecular formula is C33H36N8O2. The van der Waals surface area contributed by atoms with E-state index in [1.807, 2.05) is 77.8 Å². The Morgan fingerprint density at radius 2 is 1.86 bits per heavy atom. The summed E-state index contributed by atoms with van der Waals surface area (Å²) >= 11 is 0. The molecule has 2 N–H and O–H groups in total. The number of aromatic nitrogens is 6. The molecule has 0 aliphatic heterocycles. The molecule has 1 amide bonds. The first-order valence-electron chi connectivity index (χ1n) is 14.6. The van der Waals surface area contributed by atoms with E-state index in [9.17, 15) is 4.79 Å². The molecule has 1 fully saturated rings. The molecule has 3 aromatic heterocycles. The minimum Gasteiger partial charge on any atom is -0.497 e. The molecule has 10 nitrogen and oxygen atoms in total. The summed E-state index contributed by atoms with van der Waals surface area (Å²) in [6.07, 6.45) is 6.26. The Kier molecular flexibility index (Phi) is 7.67. The third-order valence-electron chi connectivity index (χ3n) is 7.70. The molecule has 0 spiro atoms. The maximum absolute atomic E-state index is 13.9. The third-order valence-corrected chi connectivity index (χ3v) is 7.70. The minimum atomic E-state index is -0.271. The van der Waals surface area contributed by atoms with Gasteiger partial charge < -0.3 is 24.5 Å². The van der Waals surface area contributed by atoms with Crippen molar-refractivity contribution in [1.82, 2.24) is 29.3 Å². The standard InChI is InChI=1S/C33H36N8O2/c1-20(2)41-22(4)38-39-32(41)27-7-6-8-31(36-27)37-33(42)26-16-30(40-18-29(35-19-40)24-11-12-24)21(3)15-28(26)34-17-23-9-13-25(43-5)14-10-23/h6-10,13-16,18-20,24,34H,11-12,17H2,1-5H3,(H,36,37,42). The molecule has 5 aromatic rings. The van der Waals surface area contributed by atoms with Crippen molar-refractivity contribution in [3.05, 3.63) is 95.3 Å². The van der Waals surface area contributed by atoms with Crippen molar-refractivity contribution in [2.45, 2.75) is 59.0 Å². The number of benzene rings is 2. The van der Waals surface area contributed by atoms with Crippen LogP contribution in [0.25, 0.3) is 17.2 Å². The van der Waals surface area contributed by atoms with E-state index in [1.54, 1.807) is 13.2 Å². The highest BCUT2D eigenvalue weighted by molar-refractivity contribution is 6.08. The van der Waals surface area contributed by atoms with Gasteiger partial charge in [-0.3, -0.25) is 4.79 Å². The molecule has 43 heavy (non-hydrogen) atoms. The molecule has 0 radical (unpaired) electrons. The molecule has 220 valence electrons. The number of amides is 1. The van der Waals surface area contributed by atoms with Gasteiger partial charge in [-0.1, -0.05) is 18.2 Å². The number of nitrogens with one attached hydrogen (secondary N) is 2. The Hall–Kier alpha value is -4.99. The third kappa shape index (κ3) is 5.99. The zero-order chi connectivity index (χ0) is 30.1. The maximum Gasteiger partial charge on any atom is 0.258 e. The second kappa shape index (κ2) is 11.7. The van der Waals surface area contributed by atoms with Gasteiger partial charge in [0.2, 0.25) is 0 Å². The van der Waals surface area contributed by atoms with Crippen molar-refractivity contribution in [3.63, 3.8) is 0 Å². The molecular weight excluding hydrogens is 540 g/mol. The van der Waals surface area contributed by atoms with E-state index in [4.69, 9.17) is 9.72 Å². The first-order valence-corrected chi connectivity index (χ1v) is 14.6. The summed E-state index contributed by atoms with van der Waals surface area (Å²) in [6.45, 7) is 8.66. The van der Waals surface area contributed by atoms with E-state index in [2.05, 4.69) is 45.9 Å². The summed E-state index contributed by atoms with van der Waals surface area (Å²) in [7, 11) is 1.65. The van der Waals surface area contributed by atoms with Crippen LogP contribution in [0.2, 0.25) is 0 Å². The smallest absolute Gasteiger partial charge is 0.258 e. The highest BCUT2D eigenvalue weighted by Gasteiger charge is 2.26. The number of methoxy groups -OCH3 is 1. The first kappa shape index (κ1) is 28.1. The van der Waals surface area contributed by atoms with Gasteiger partial charge >= 0.3 is 0 Å². The summed E-state index contributed by atoms with van der Waals surface area (Å²) in [5, 5.41) is 15.1. The molecule has 3 heterocycles. The van der Waals surface area contributed by atoms with Gasteiger partial charge in [0.25, 0.3) is 5.91 Å². The number of rotatable bonds is 10. The van der Waals surface area contributed by atoms with Gasteiger partial charge in [0.05, 0.1) is 30.4 Å². The van der Waals surface area contributed by atoms with Crippen LogP contribution in [0.5, 0.6) is 5.75 Å². The predicted octanol–water partition coefficient (Wildman–Crippen LogP) is 6.47. The van der Waals surface area contributed by atoms with Gasteiger partial charge in [0, 0.05) is 30.4 Å². The van der Waals surface area contributed by atoms with Crippen molar-refractivity contribution in [1.29, 1.82) is 0 Å². The number of hydrogen-bond donors (Lipinski definition) is 2. The van der Waals surface area contributed by atoms with E-state index in [0.717, 1.165) is 39.8 Å². The van der Waals surface area contributed by atoms with Crippen LogP contribution in [0.15, 0.2) is 67.1 Å². The number of nitrogens with zero attached hydrogens (tertiary/aromatic N) is 6. The van der Waals surface area contributed by atoms with E-state index in [-0.39, 0.29) is 11.9 Å². The fraction of sp³-hybridized carbons (Fsp3) is 0.303. The van der Waals surface area contributed by atoms with E-state index >= 15 is 0 Å². The van der Waals surface area contributed by atoms with Crippen molar-refractivity contribution in [2.24, 2.45) is 0 Å². The lowest BCUT2D eigenvalue weighted by Crippen LogP contribution is -2.17. The number of anilines is 2. The highest BCUT2D eigenvalue weighted by atomic mass is 16.5. The molecule has 10 heteroatoms. The zero-order valence-electron chi connectivity index (χ0n) is 25.1. The maximum atomic E-state index is 13.9. The number of carbonyl (C=O) groups excluding carboxylic acids is 1. The lowest BCUT2D eigenvalue weighted by molar-refractivity contribution is 0.102. The van der Waals surface area contributed by atoms with E-state index < -0.39 is 0 Å². The van der Waals surface area contributed by atoms with Gasteiger partial charge in [-0.25, -0.2) is 9.97 Å². The lowest BCUT2D eigenvalue weighted by atomic mass is 10.1. The van der Waals surface area contributed by atoms with E-state index in [0.29, 0.717) is 35.4 Å². The van der Waals surface area contributed by atoms with Crippen LogP contribution in [0.1, 0.15) is 71.7 Å². The second-order valence-electron chi connectivity index (χ2n) is 11.3. The Morgan fingerprint density at radius 1 is 1.07 bits per heavy atom. The van der Waals surface area contributed by atoms with Crippen molar-refractivity contribution < 1.29 is 9.53 Å². The number of pyridine rings is 1.